The zero-order valence-electron chi connectivity index (χ0n) is 18.5. The van der Waals surface area contributed by atoms with Crippen LogP contribution in [0.5, 0.6) is 0 Å². The number of aryl methyl sites for hydroxylation is 1. The van der Waals surface area contributed by atoms with Gasteiger partial charge in [0.05, 0.1) is 19.2 Å². The van der Waals surface area contributed by atoms with Gasteiger partial charge >= 0.3 is 6.09 Å². The summed E-state index contributed by atoms with van der Waals surface area (Å²) in [6.45, 7) is 9.64. The van der Waals surface area contributed by atoms with Gasteiger partial charge in [-0.1, -0.05) is 6.07 Å². The SMILES string of the molecule is CCNC(=NCC(NC(=O)OCC)C1CC1)NC1CCN(c2ccc(C)cn2)CC1. The highest BCUT2D eigenvalue weighted by Crippen LogP contribution is 2.32. The van der Waals surface area contributed by atoms with Crippen LogP contribution in [0.25, 0.3) is 0 Å². The van der Waals surface area contributed by atoms with Crippen molar-refractivity contribution in [2.75, 3.05) is 37.7 Å². The Labute approximate surface area is 179 Å². The van der Waals surface area contributed by atoms with Crippen LogP contribution >= 0.6 is 0 Å². The van der Waals surface area contributed by atoms with Gasteiger partial charge in [-0.2, -0.15) is 0 Å². The average molecular weight is 417 g/mol. The number of pyridine rings is 1. The molecule has 0 aromatic carbocycles. The topological polar surface area (TPSA) is 90.9 Å². The second-order valence-corrected chi connectivity index (χ2v) is 8.13. The van der Waals surface area contributed by atoms with Gasteiger partial charge in [0, 0.05) is 31.9 Å². The van der Waals surface area contributed by atoms with E-state index in [1.807, 2.05) is 13.1 Å². The van der Waals surface area contributed by atoms with Gasteiger partial charge in [-0.15, -0.1) is 0 Å². The number of rotatable bonds is 8. The molecule has 0 spiro atoms. The highest BCUT2D eigenvalue weighted by atomic mass is 16.5. The third kappa shape index (κ3) is 6.78. The van der Waals surface area contributed by atoms with Crippen LogP contribution in [0.2, 0.25) is 0 Å². The first-order chi connectivity index (χ1) is 14.6. The number of carbonyl (C=O) groups excluding carboxylic acids is 1. The number of aromatic nitrogens is 1. The molecule has 0 radical (unpaired) electrons. The summed E-state index contributed by atoms with van der Waals surface area (Å²) in [5.74, 6) is 2.38. The van der Waals surface area contributed by atoms with Crippen LogP contribution < -0.4 is 20.9 Å². The fourth-order valence-corrected chi connectivity index (χ4v) is 3.74. The highest BCUT2D eigenvalue weighted by Gasteiger charge is 2.32. The molecule has 0 bridgehead atoms. The summed E-state index contributed by atoms with van der Waals surface area (Å²) in [6, 6.07) is 4.63. The quantitative estimate of drug-likeness (QED) is 0.445. The van der Waals surface area contributed by atoms with E-state index in [2.05, 4.69) is 51.8 Å². The predicted octanol–water partition coefficient (Wildman–Crippen LogP) is 2.44. The smallest absolute Gasteiger partial charge is 0.407 e. The Morgan fingerprint density at radius 1 is 1.27 bits per heavy atom. The maximum Gasteiger partial charge on any atom is 0.407 e. The van der Waals surface area contributed by atoms with E-state index in [9.17, 15) is 4.79 Å². The third-order valence-corrected chi connectivity index (χ3v) is 5.62. The number of alkyl carbamates (subject to hydrolysis) is 1. The van der Waals surface area contributed by atoms with Gasteiger partial charge in [0.15, 0.2) is 5.96 Å². The number of hydrogen-bond acceptors (Lipinski definition) is 5. The molecule has 2 heterocycles. The van der Waals surface area contributed by atoms with Gasteiger partial charge < -0.3 is 25.6 Å². The van der Waals surface area contributed by atoms with Gasteiger partial charge in [0.2, 0.25) is 0 Å². The fourth-order valence-electron chi connectivity index (χ4n) is 3.74. The zero-order chi connectivity index (χ0) is 21.3. The number of anilines is 1. The first kappa shape index (κ1) is 22.2. The van der Waals surface area contributed by atoms with Crippen molar-refractivity contribution in [2.24, 2.45) is 10.9 Å². The second-order valence-electron chi connectivity index (χ2n) is 8.13. The lowest BCUT2D eigenvalue weighted by Crippen LogP contribution is -2.49. The molecule has 2 aliphatic rings. The monoisotopic (exact) mass is 416 g/mol. The molecular weight excluding hydrogens is 380 g/mol. The Morgan fingerprint density at radius 3 is 2.63 bits per heavy atom. The average Bonchev–Trinajstić information content (AvgIpc) is 3.58. The van der Waals surface area contributed by atoms with Crippen LogP contribution in [0.1, 0.15) is 45.1 Å². The lowest BCUT2D eigenvalue weighted by atomic mass is 10.1. The van der Waals surface area contributed by atoms with E-state index in [0.717, 1.165) is 57.1 Å². The van der Waals surface area contributed by atoms with Crippen LogP contribution in [0.3, 0.4) is 0 Å². The minimum absolute atomic E-state index is 0.0361. The maximum atomic E-state index is 11.8. The molecule has 3 N–H and O–H groups in total. The van der Waals surface area contributed by atoms with E-state index >= 15 is 0 Å². The van der Waals surface area contributed by atoms with E-state index < -0.39 is 0 Å². The molecule has 2 fully saturated rings. The standard InChI is InChI=1S/C22H36N6O2/c1-4-23-21(25-15-19(17-7-8-17)27-22(29)30-5-2)26-18-10-12-28(13-11-18)20-9-6-16(3)14-24-20/h6,9,14,17-19H,4-5,7-8,10-13,15H2,1-3H3,(H,27,29)(H2,23,25,26). The van der Waals surface area contributed by atoms with Crippen molar-refractivity contribution in [3.8, 4) is 0 Å². The van der Waals surface area contributed by atoms with Crippen LogP contribution in [0, 0.1) is 12.8 Å². The Bertz CT molecular complexity index is 696. The van der Waals surface area contributed by atoms with Crippen LogP contribution in [-0.2, 0) is 4.74 Å². The molecule has 1 atom stereocenters. The minimum atomic E-state index is -0.348. The summed E-state index contributed by atoms with van der Waals surface area (Å²) >= 11 is 0. The Balaban J connectivity index is 1.51. The van der Waals surface area contributed by atoms with Gasteiger partial charge in [0.25, 0.3) is 0 Å². The van der Waals surface area contributed by atoms with Crippen molar-refractivity contribution >= 4 is 17.9 Å². The van der Waals surface area contributed by atoms with Gasteiger partial charge in [-0.3, -0.25) is 4.99 Å². The molecular formula is C22H36N6O2. The fraction of sp³-hybridized carbons (Fsp3) is 0.682. The van der Waals surface area contributed by atoms with Crippen molar-refractivity contribution in [3.05, 3.63) is 23.9 Å². The summed E-state index contributed by atoms with van der Waals surface area (Å²) in [5.41, 5.74) is 1.18. The van der Waals surface area contributed by atoms with E-state index in [1.54, 1.807) is 0 Å². The first-order valence-electron chi connectivity index (χ1n) is 11.2. The molecule has 1 saturated carbocycles. The number of hydrogen-bond donors (Lipinski definition) is 3. The number of guanidine groups is 1. The number of carbonyl (C=O) groups is 1. The molecule has 8 nitrogen and oxygen atoms in total. The summed E-state index contributed by atoms with van der Waals surface area (Å²) in [4.78, 5) is 23.5. The Hall–Kier alpha value is -2.51. The normalized spacial score (nSPS) is 18.6. The van der Waals surface area contributed by atoms with Crippen molar-refractivity contribution in [1.29, 1.82) is 0 Å². The third-order valence-electron chi connectivity index (χ3n) is 5.62. The van der Waals surface area contributed by atoms with Crippen LogP contribution in [-0.4, -0.2) is 61.9 Å². The zero-order valence-corrected chi connectivity index (χ0v) is 18.5. The highest BCUT2D eigenvalue weighted by molar-refractivity contribution is 5.80. The molecule has 1 aromatic heterocycles. The van der Waals surface area contributed by atoms with Gasteiger partial charge in [0.1, 0.15) is 5.82 Å². The molecule has 1 aromatic rings. The number of aliphatic imine (C=N–C) groups is 1. The molecule has 3 rings (SSSR count). The first-order valence-corrected chi connectivity index (χ1v) is 11.2. The Kier molecular flexibility index (Phi) is 8.16. The number of nitrogens with zero attached hydrogens (tertiary/aromatic N) is 3. The van der Waals surface area contributed by atoms with E-state index in [-0.39, 0.29) is 12.1 Å². The molecule has 1 amide bonds. The van der Waals surface area contributed by atoms with E-state index in [0.29, 0.717) is 25.1 Å². The van der Waals surface area contributed by atoms with Crippen LogP contribution in [0.15, 0.2) is 23.3 Å². The van der Waals surface area contributed by atoms with Crippen molar-refractivity contribution in [1.82, 2.24) is 20.9 Å². The Morgan fingerprint density at radius 2 is 2.03 bits per heavy atom. The number of ether oxygens (including phenoxy) is 1. The summed E-state index contributed by atoms with van der Waals surface area (Å²) < 4.78 is 5.04. The van der Waals surface area contributed by atoms with Crippen molar-refractivity contribution < 1.29 is 9.53 Å². The largest absolute Gasteiger partial charge is 0.450 e. The minimum Gasteiger partial charge on any atom is -0.450 e. The maximum absolute atomic E-state index is 11.8. The van der Waals surface area contributed by atoms with Crippen LogP contribution in [0.4, 0.5) is 10.6 Å². The van der Waals surface area contributed by atoms with E-state index in [1.165, 1.54) is 5.56 Å². The molecule has 30 heavy (non-hydrogen) atoms. The molecule has 1 saturated heterocycles. The van der Waals surface area contributed by atoms with Gasteiger partial charge in [-0.05, 0) is 64.0 Å². The molecule has 1 unspecified atom stereocenters. The number of nitrogens with one attached hydrogen (secondary N) is 3. The van der Waals surface area contributed by atoms with E-state index in [4.69, 9.17) is 9.73 Å². The lowest BCUT2D eigenvalue weighted by Gasteiger charge is -2.34. The van der Waals surface area contributed by atoms with Crippen molar-refractivity contribution in [3.63, 3.8) is 0 Å². The number of amides is 1. The predicted molar refractivity (Wildman–Crippen MR) is 120 cm³/mol. The molecule has 1 aliphatic carbocycles. The second kappa shape index (κ2) is 11.0. The summed E-state index contributed by atoms with van der Waals surface area (Å²) in [7, 11) is 0. The molecule has 1 aliphatic heterocycles. The lowest BCUT2D eigenvalue weighted by molar-refractivity contribution is 0.147. The molecule has 8 heteroatoms. The van der Waals surface area contributed by atoms with Gasteiger partial charge in [-0.25, -0.2) is 9.78 Å². The summed E-state index contributed by atoms with van der Waals surface area (Å²) in [5, 5.41) is 9.89. The summed E-state index contributed by atoms with van der Waals surface area (Å²) in [6.07, 6.45) is 5.93. The number of piperidine rings is 1. The van der Waals surface area contributed by atoms with Crippen molar-refractivity contribution in [2.45, 2.75) is 58.5 Å². The molecule has 166 valence electrons.